The maximum Gasteiger partial charge on any atom is 0.259 e. The first-order chi connectivity index (χ1) is 8.66. The third-order valence-electron chi connectivity index (χ3n) is 3.46. The number of imidazole rings is 1. The van der Waals surface area contributed by atoms with Crippen molar-refractivity contribution in [2.24, 2.45) is 7.05 Å². The number of benzene rings is 1. The number of nitrogens with zero attached hydrogens (tertiary/aromatic N) is 2. The molecule has 1 aromatic heterocycles. The summed E-state index contributed by atoms with van der Waals surface area (Å²) in [6.45, 7) is 0.741. The van der Waals surface area contributed by atoms with E-state index >= 15 is 0 Å². The highest BCUT2D eigenvalue weighted by atomic mass is 35.5. The van der Waals surface area contributed by atoms with Crippen molar-refractivity contribution in [1.29, 1.82) is 0 Å². The van der Waals surface area contributed by atoms with Gasteiger partial charge in [0.2, 0.25) is 0 Å². The fourth-order valence-electron chi connectivity index (χ4n) is 2.39. The molecule has 4 heteroatoms. The minimum absolute atomic E-state index is 0.700. The molecule has 0 amide bonds. The second kappa shape index (κ2) is 4.60. The Hall–Kier alpha value is -0.990. The van der Waals surface area contributed by atoms with E-state index in [9.17, 15) is 0 Å². The SMILES string of the molecule is C[n+]1ccn(Cc2c(Cl)cccc2Cl)c1C1CC1. The summed E-state index contributed by atoms with van der Waals surface area (Å²) in [4.78, 5) is 0. The monoisotopic (exact) mass is 281 g/mol. The molecule has 0 unspecified atom stereocenters. The van der Waals surface area contributed by atoms with Gasteiger partial charge >= 0.3 is 0 Å². The van der Waals surface area contributed by atoms with E-state index in [0.717, 1.165) is 22.2 Å². The standard InChI is InChI=1S/C14H15Cl2N2/c1-17-7-8-18(14(17)10-5-6-10)9-11-12(15)3-2-4-13(11)16/h2-4,7-8,10H,5-6,9H2,1H3/q+1. The zero-order valence-electron chi connectivity index (χ0n) is 10.2. The van der Waals surface area contributed by atoms with Crippen LogP contribution in [0.5, 0.6) is 0 Å². The lowest BCUT2D eigenvalue weighted by atomic mass is 10.2. The summed E-state index contributed by atoms with van der Waals surface area (Å²) in [5.41, 5.74) is 0.999. The Morgan fingerprint density at radius 1 is 1.28 bits per heavy atom. The minimum atomic E-state index is 0.700. The lowest BCUT2D eigenvalue weighted by Crippen LogP contribution is -2.31. The molecule has 1 aliphatic carbocycles. The van der Waals surface area contributed by atoms with E-state index in [0.29, 0.717) is 5.92 Å². The van der Waals surface area contributed by atoms with Crippen LogP contribution in [0.15, 0.2) is 30.6 Å². The second-order valence-electron chi connectivity index (χ2n) is 4.87. The third kappa shape index (κ3) is 2.15. The first-order valence-corrected chi connectivity index (χ1v) is 6.90. The van der Waals surface area contributed by atoms with Crippen LogP contribution in [0.1, 0.15) is 30.1 Å². The van der Waals surface area contributed by atoms with Gasteiger partial charge in [-0.15, -0.1) is 0 Å². The van der Waals surface area contributed by atoms with Crippen molar-refractivity contribution < 1.29 is 4.57 Å². The number of hydrogen-bond acceptors (Lipinski definition) is 0. The molecule has 3 rings (SSSR count). The van der Waals surface area contributed by atoms with Crippen LogP contribution in [0.3, 0.4) is 0 Å². The molecule has 18 heavy (non-hydrogen) atoms. The molecule has 0 aliphatic heterocycles. The van der Waals surface area contributed by atoms with Gasteiger partial charge in [0.1, 0.15) is 18.9 Å². The van der Waals surface area contributed by atoms with Crippen molar-refractivity contribution in [3.05, 3.63) is 52.0 Å². The Bertz CT molecular complexity index is 565. The maximum atomic E-state index is 6.23. The first kappa shape index (κ1) is 12.1. The van der Waals surface area contributed by atoms with Crippen LogP contribution in [0, 0.1) is 0 Å². The molecular weight excluding hydrogens is 267 g/mol. The molecule has 2 nitrogen and oxygen atoms in total. The first-order valence-electron chi connectivity index (χ1n) is 6.14. The molecule has 1 heterocycles. The van der Waals surface area contributed by atoms with Crippen molar-refractivity contribution in [2.45, 2.75) is 25.3 Å². The summed E-state index contributed by atoms with van der Waals surface area (Å²) >= 11 is 12.5. The van der Waals surface area contributed by atoms with Crippen molar-refractivity contribution in [3.8, 4) is 0 Å². The zero-order valence-corrected chi connectivity index (χ0v) is 11.7. The molecule has 0 N–H and O–H groups in total. The smallest absolute Gasteiger partial charge is 0.237 e. The molecule has 1 aliphatic rings. The number of hydrogen-bond donors (Lipinski definition) is 0. The largest absolute Gasteiger partial charge is 0.259 e. The van der Waals surface area contributed by atoms with Gasteiger partial charge in [-0.05, 0) is 25.0 Å². The minimum Gasteiger partial charge on any atom is -0.237 e. The number of aryl methyl sites for hydroxylation is 1. The average Bonchev–Trinajstić information content (AvgIpc) is 3.09. The molecular formula is C14H15Cl2N2+. The zero-order chi connectivity index (χ0) is 12.7. The van der Waals surface area contributed by atoms with Gasteiger partial charge in [-0.2, -0.15) is 0 Å². The van der Waals surface area contributed by atoms with Crippen LogP contribution in [0.2, 0.25) is 10.0 Å². The summed E-state index contributed by atoms with van der Waals surface area (Å²) in [6.07, 6.45) is 6.77. The van der Waals surface area contributed by atoms with E-state index < -0.39 is 0 Å². The Morgan fingerprint density at radius 2 is 1.94 bits per heavy atom. The molecule has 0 atom stereocenters. The third-order valence-corrected chi connectivity index (χ3v) is 4.17. The molecule has 0 radical (unpaired) electrons. The second-order valence-corrected chi connectivity index (χ2v) is 5.68. The van der Waals surface area contributed by atoms with E-state index in [2.05, 4.69) is 28.6 Å². The lowest BCUT2D eigenvalue weighted by Gasteiger charge is -2.06. The molecule has 1 saturated carbocycles. The van der Waals surface area contributed by atoms with Crippen LogP contribution in [-0.2, 0) is 13.6 Å². The van der Waals surface area contributed by atoms with Gasteiger partial charge in [0.15, 0.2) is 0 Å². The quantitative estimate of drug-likeness (QED) is 0.761. The summed E-state index contributed by atoms with van der Waals surface area (Å²) < 4.78 is 4.45. The fourth-order valence-corrected chi connectivity index (χ4v) is 2.90. The molecule has 1 aromatic carbocycles. The summed E-state index contributed by atoms with van der Waals surface area (Å²) in [7, 11) is 2.10. The van der Waals surface area contributed by atoms with Gasteiger partial charge in [0.05, 0.1) is 13.0 Å². The summed E-state index contributed by atoms with van der Waals surface area (Å²) in [5.74, 6) is 2.07. The molecule has 94 valence electrons. The Kier molecular flexibility index (Phi) is 3.08. The van der Waals surface area contributed by atoms with Gasteiger partial charge in [0.25, 0.3) is 5.82 Å². The topological polar surface area (TPSA) is 8.81 Å². The van der Waals surface area contributed by atoms with Crippen LogP contribution in [0.4, 0.5) is 0 Å². The van der Waals surface area contributed by atoms with Crippen LogP contribution in [-0.4, -0.2) is 4.57 Å². The van der Waals surface area contributed by atoms with Crippen molar-refractivity contribution in [1.82, 2.24) is 4.57 Å². The van der Waals surface area contributed by atoms with E-state index in [1.807, 2.05) is 18.2 Å². The van der Waals surface area contributed by atoms with Crippen LogP contribution < -0.4 is 4.57 Å². The predicted molar refractivity (Wildman–Crippen MR) is 73.1 cm³/mol. The van der Waals surface area contributed by atoms with Gasteiger partial charge in [-0.25, -0.2) is 9.13 Å². The van der Waals surface area contributed by atoms with Gasteiger partial charge < -0.3 is 0 Å². The molecule has 0 spiro atoms. The van der Waals surface area contributed by atoms with E-state index in [-0.39, 0.29) is 0 Å². The van der Waals surface area contributed by atoms with Crippen molar-refractivity contribution >= 4 is 23.2 Å². The summed E-state index contributed by atoms with van der Waals surface area (Å²) in [5, 5.41) is 1.47. The normalized spacial score (nSPS) is 15.1. The van der Waals surface area contributed by atoms with E-state index in [1.54, 1.807) is 0 Å². The molecule has 0 saturated heterocycles. The molecule has 0 bridgehead atoms. The van der Waals surface area contributed by atoms with Gasteiger partial charge in [-0.1, -0.05) is 29.3 Å². The number of aromatic nitrogens is 2. The molecule has 1 fully saturated rings. The van der Waals surface area contributed by atoms with Gasteiger partial charge in [-0.3, -0.25) is 0 Å². The highest BCUT2D eigenvalue weighted by Gasteiger charge is 2.35. The van der Waals surface area contributed by atoms with Crippen LogP contribution in [0.25, 0.3) is 0 Å². The lowest BCUT2D eigenvalue weighted by molar-refractivity contribution is -0.679. The summed E-state index contributed by atoms with van der Waals surface area (Å²) in [6, 6.07) is 5.66. The maximum absolute atomic E-state index is 6.23. The van der Waals surface area contributed by atoms with Crippen molar-refractivity contribution in [2.75, 3.05) is 0 Å². The Labute approximate surface area is 117 Å². The van der Waals surface area contributed by atoms with Crippen molar-refractivity contribution in [3.63, 3.8) is 0 Å². The Morgan fingerprint density at radius 3 is 2.56 bits per heavy atom. The average molecular weight is 282 g/mol. The highest BCUT2D eigenvalue weighted by Crippen LogP contribution is 2.38. The predicted octanol–water partition coefficient (Wildman–Crippen LogP) is 3.55. The number of rotatable bonds is 3. The van der Waals surface area contributed by atoms with Crippen LogP contribution >= 0.6 is 23.2 Å². The Balaban J connectivity index is 1.97. The fraction of sp³-hybridized carbons (Fsp3) is 0.357. The molecule has 2 aromatic rings. The number of halogens is 2. The highest BCUT2D eigenvalue weighted by molar-refractivity contribution is 6.35. The van der Waals surface area contributed by atoms with E-state index in [4.69, 9.17) is 23.2 Å². The van der Waals surface area contributed by atoms with Gasteiger partial charge in [0, 0.05) is 15.6 Å². The van der Waals surface area contributed by atoms with E-state index in [1.165, 1.54) is 18.7 Å².